The smallest absolute Gasteiger partial charge is 0.408 e. The second kappa shape index (κ2) is 7.68. The topological polar surface area (TPSA) is 66.4 Å². The standard InChI is InChI=1S/C17H20F3NO3/c18-17(19,20)15(12-3-1-2-4-12)21-14(22)10-7-11-5-8-13(9-6-11)16(23)24/h5-6,8-9,12,15H,1-4,7,10H2,(H,21,22)(H,23,24). The van der Waals surface area contributed by atoms with Crippen molar-refractivity contribution >= 4 is 11.9 Å². The quantitative estimate of drug-likeness (QED) is 0.830. The van der Waals surface area contributed by atoms with Crippen molar-refractivity contribution in [2.45, 2.75) is 50.7 Å². The van der Waals surface area contributed by atoms with Crippen molar-refractivity contribution in [2.75, 3.05) is 0 Å². The van der Waals surface area contributed by atoms with E-state index in [0.29, 0.717) is 18.4 Å². The molecule has 132 valence electrons. The van der Waals surface area contributed by atoms with Gasteiger partial charge in [0.1, 0.15) is 6.04 Å². The molecular weight excluding hydrogens is 323 g/mol. The number of amides is 1. The fourth-order valence-corrected chi connectivity index (χ4v) is 3.08. The average Bonchev–Trinajstić information content (AvgIpc) is 3.03. The first-order chi connectivity index (χ1) is 11.3. The summed E-state index contributed by atoms with van der Waals surface area (Å²) in [7, 11) is 0. The van der Waals surface area contributed by atoms with Gasteiger partial charge in [-0.15, -0.1) is 0 Å². The number of rotatable bonds is 6. The fraction of sp³-hybridized carbons (Fsp3) is 0.529. The van der Waals surface area contributed by atoms with Crippen molar-refractivity contribution < 1.29 is 27.9 Å². The Hall–Kier alpha value is -2.05. The number of nitrogens with one attached hydrogen (secondary N) is 1. The van der Waals surface area contributed by atoms with E-state index < -0.39 is 30.0 Å². The molecule has 0 bridgehead atoms. The molecule has 2 rings (SSSR count). The zero-order valence-electron chi connectivity index (χ0n) is 13.1. The lowest BCUT2D eigenvalue weighted by molar-refractivity contribution is -0.171. The molecule has 1 aliphatic carbocycles. The Morgan fingerprint density at radius 1 is 1.17 bits per heavy atom. The van der Waals surface area contributed by atoms with Crippen LogP contribution >= 0.6 is 0 Å². The van der Waals surface area contributed by atoms with Crippen molar-refractivity contribution in [3.8, 4) is 0 Å². The highest BCUT2D eigenvalue weighted by atomic mass is 19.4. The molecule has 1 saturated carbocycles. The van der Waals surface area contributed by atoms with Gasteiger partial charge in [-0.3, -0.25) is 4.79 Å². The van der Waals surface area contributed by atoms with Gasteiger partial charge in [-0.05, 0) is 42.9 Å². The van der Waals surface area contributed by atoms with Crippen LogP contribution in [0.15, 0.2) is 24.3 Å². The maximum absolute atomic E-state index is 13.1. The van der Waals surface area contributed by atoms with Gasteiger partial charge in [0.25, 0.3) is 0 Å². The van der Waals surface area contributed by atoms with Crippen LogP contribution in [0.1, 0.15) is 48.0 Å². The van der Waals surface area contributed by atoms with Crippen LogP contribution in [0.4, 0.5) is 13.2 Å². The average molecular weight is 343 g/mol. The van der Waals surface area contributed by atoms with E-state index in [0.717, 1.165) is 12.8 Å². The van der Waals surface area contributed by atoms with E-state index in [1.807, 2.05) is 0 Å². The maximum atomic E-state index is 13.1. The number of carbonyl (C=O) groups is 2. The van der Waals surface area contributed by atoms with Gasteiger partial charge in [-0.25, -0.2) is 4.79 Å². The number of carboxylic acid groups (broad SMARTS) is 1. The van der Waals surface area contributed by atoms with Crippen LogP contribution in [0, 0.1) is 5.92 Å². The zero-order chi connectivity index (χ0) is 17.7. The lowest BCUT2D eigenvalue weighted by Gasteiger charge is -2.27. The highest BCUT2D eigenvalue weighted by molar-refractivity contribution is 5.87. The Bertz CT molecular complexity index is 578. The van der Waals surface area contributed by atoms with E-state index in [1.54, 1.807) is 12.1 Å². The molecule has 1 fully saturated rings. The summed E-state index contributed by atoms with van der Waals surface area (Å²) in [5.41, 5.74) is 0.834. The summed E-state index contributed by atoms with van der Waals surface area (Å²) in [5, 5.41) is 10.9. The predicted octanol–water partition coefficient (Wildman–Crippen LogP) is 3.55. The molecule has 1 amide bonds. The molecule has 1 aliphatic rings. The Labute approximate surface area is 138 Å². The summed E-state index contributed by atoms with van der Waals surface area (Å²) in [6, 6.07) is 4.17. The number of carboxylic acids is 1. The summed E-state index contributed by atoms with van der Waals surface area (Å²) in [6.45, 7) is 0. The molecule has 1 aromatic carbocycles. The molecule has 4 nitrogen and oxygen atoms in total. The summed E-state index contributed by atoms with van der Waals surface area (Å²) in [4.78, 5) is 22.6. The molecule has 1 atom stereocenters. The van der Waals surface area contributed by atoms with E-state index in [9.17, 15) is 22.8 Å². The SMILES string of the molecule is O=C(CCc1ccc(C(=O)O)cc1)NC(C1CCCC1)C(F)(F)F. The van der Waals surface area contributed by atoms with Crippen LogP contribution in [0.5, 0.6) is 0 Å². The maximum Gasteiger partial charge on any atom is 0.408 e. The number of halogens is 3. The molecule has 2 N–H and O–H groups in total. The lowest BCUT2D eigenvalue weighted by Crippen LogP contribution is -2.49. The largest absolute Gasteiger partial charge is 0.478 e. The van der Waals surface area contributed by atoms with Gasteiger partial charge in [0.15, 0.2) is 0 Å². The van der Waals surface area contributed by atoms with Gasteiger partial charge in [0.05, 0.1) is 5.56 Å². The third kappa shape index (κ3) is 4.97. The van der Waals surface area contributed by atoms with Crippen molar-refractivity contribution in [2.24, 2.45) is 5.92 Å². The minimum Gasteiger partial charge on any atom is -0.478 e. The number of aryl methyl sites for hydroxylation is 1. The van der Waals surface area contributed by atoms with E-state index in [-0.39, 0.29) is 18.4 Å². The van der Waals surface area contributed by atoms with Crippen LogP contribution < -0.4 is 5.32 Å². The van der Waals surface area contributed by atoms with E-state index in [4.69, 9.17) is 5.11 Å². The third-order valence-electron chi connectivity index (χ3n) is 4.38. The molecule has 0 heterocycles. The molecular formula is C17H20F3NO3. The van der Waals surface area contributed by atoms with Crippen LogP contribution in [-0.2, 0) is 11.2 Å². The normalized spacial score (nSPS) is 16.8. The predicted molar refractivity (Wildman–Crippen MR) is 81.7 cm³/mol. The molecule has 1 aromatic rings. The third-order valence-corrected chi connectivity index (χ3v) is 4.38. The van der Waals surface area contributed by atoms with E-state index in [1.165, 1.54) is 12.1 Å². The molecule has 24 heavy (non-hydrogen) atoms. The Balaban J connectivity index is 1.89. The molecule has 0 aliphatic heterocycles. The molecule has 0 aromatic heterocycles. The number of carbonyl (C=O) groups excluding carboxylic acids is 1. The van der Waals surface area contributed by atoms with Gasteiger partial charge in [0.2, 0.25) is 5.91 Å². The Morgan fingerprint density at radius 3 is 2.25 bits per heavy atom. The summed E-state index contributed by atoms with van der Waals surface area (Å²) in [6.07, 6.45) is -1.73. The molecule has 0 radical (unpaired) electrons. The zero-order valence-corrected chi connectivity index (χ0v) is 13.1. The summed E-state index contributed by atoms with van der Waals surface area (Å²) in [5.74, 6) is -2.22. The second-order valence-electron chi connectivity index (χ2n) is 6.13. The number of alkyl halides is 3. The Morgan fingerprint density at radius 2 is 1.75 bits per heavy atom. The minimum atomic E-state index is -4.44. The number of benzene rings is 1. The highest BCUT2D eigenvalue weighted by Gasteiger charge is 2.46. The fourth-order valence-electron chi connectivity index (χ4n) is 3.08. The van der Waals surface area contributed by atoms with Gasteiger partial charge in [0, 0.05) is 6.42 Å². The van der Waals surface area contributed by atoms with Crippen molar-refractivity contribution in [1.29, 1.82) is 0 Å². The first-order valence-electron chi connectivity index (χ1n) is 7.95. The second-order valence-corrected chi connectivity index (χ2v) is 6.13. The van der Waals surface area contributed by atoms with Gasteiger partial charge >= 0.3 is 12.1 Å². The number of hydrogen-bond donors (Lipinski definition) is 2. The van der Waals surface area contributed by atoms with Gasteiger partial charge in [-0.2, -0.15) is 13.2 Å². The monoisotopic (exact) mass is 343 g/mol. The molecule has 0 saturated heterocycles. The van der Waals surface area contributed by atoms with Gasteiger partial charge < -0.3 is 10.4 Å². The van der Waals surface area contributed by atoms with Gasteiger partial charge in [-0.1, -0.05) is 25.0 Å². The van der Waals surface area contributed by atoms with Crippen molar-refractivity contribution in [3.05, 3.63) is 35.4 Å². The van der Waals surface area contributed by atoms with E-state index in [2.05, 4.69) is 5.32 Å². The van der Waals surface area contributed by atoms with Crippen molar-refractivity contribution in [1.82, 2.24) is 5.32 Å². The van der Waals surface area contributed by atoms with Crippen molar-refractivity contribution in [3.63, 3.8) is 0 Å². The van der Waals surface area contributed by atoms with Crippen LogP contribution in [0.25, 0.3) is 0 Å². The number of hydrogen-bond acceptors (Lipinski definition) is 2. The summed E-state index contributed by atoms with van der Waals surface area (Å²) < 4.78 is 39.4. The first kappa shape index (κ1) is 18.3. The van der Waals surface area contributed by atoms with Crippen LogP contribution in [-0.4, -0.2) is 29.2 Å². The summed E-state index contributed by atoms with van der Waals surface area (Å²) >= 11 is 0. The molecule has 7 heteroatoms. The highest BCUT2D eigenvalue weighted by Crippen LogP contribution is 2.35. The first-order valence-corrected chi connectivity index (χ1v) is 7.95. The Kier molecular flexibility index (Phi) is 5.85. The molecule has 0 spiro atoms. The lowest BCUT2D eigenvalue weighted by atomic mass is 9.97. The number of aromatic carboxylic acids is 1. The van der Waals surface area contributed by atoms with Crippen LogP contribution in [0.2, 0.25) is 0 Å². The minimum absolute atomic E-state index is 0.0638. The molecule has 1 unspecified atom stereocenters. The van der Waals surface area contributed by atoms with Crippen LogP contribution in [0.3, 0.4) is 0 Å². The van der Waals surface area contributed by atoms with E-state index >= 15 is 0 Å².